The maximum Gasteiger partial charge on any atom is 0.336 e. The van der Waals surface area contributed by atoms with Gasteiger partial charge in [-0.1, -0.05) is 0 Å². The SMILES string of the molecule is Cn1ncc2c1CCCC2NS(=O)(=O)c1ccc2oc(=O)ccc2c1. The third kappa shape index (κ3) is 2.87. The fraction of sp³-hybridized carbons (Fsp3) is 0.294. The number of nitrogens with zero attached hydrogens (tertiary/aromatic N) is 2. The Labute approximate surface area is 144 Å². The molecule has 0 saturated carbocycles. The summed E-state index contributed by atoms with van der Waals surface area (Å²) in [5.41, 5.74) is 1.90. The Balaban J connectivity index is 1.68. The number of sulfonamides is 1. The Bertz CT molecular complexity index is 1110. The molecular formula is C17H17N3O4S. The quantitative estimate of drug-likeness (QED) is 0.721. The summed E-state index contributed by atoms with van der Waals surface area (Å²) in [5.74, 6) is 0. The predicted molar refractivity (Wildman–Crippen MR) is 91.7 cm³/mol. The summed E-state index contributed by atoms with van der Waals surface area (Å²) in [4.78, 5) is 11.4. The number of aromatic nitrogens is 2. The van der Waals surface area contributed by atoms with Gasteiger partial charge in [0.2, 0.25) is 10.0 Å². The zero-order valence-electron chi connectivity index (χ0n) is 13.6. The maximum atomic E-state index is 12.8. The predicted octanol–water partition coefficient (Wildman–Crippen LogP) is 1.88. The largest absolute Gasteiger partial charge is 0.423 e. The molecule has 7 nitrogen and oxygen atoms in total. The molecule has 1 aliphatic rings. The lowest BCUT2D eigenvalue weighted by Gasteiger charge is -2.23. The van der Waals surface area contributed by atoms with Crippen LogP contribution in [0.25, 0.3) is 11.0 Å². The number of aryl methyl sites for hydroxylation is 1. The van der Waals surface area contributed by atoms with Crippen LogP contribution in [0, 0.1) is 0 Å². The van der Waals surface area contributed by atoms with Crippen molar-refractivity contribution in [2.75, 3.05) is 0 Å². The number of rotatable bonds is 3. The first-order valence-corrected chi connectivity index (χ1v) is 9.49. The van der Waals surface area contributed by atoms with E-state index in [1.54, 1.807) is 16.9 Å². The molecule has 1 unspecified atom stereocenters. The summed E-state index contributed by atoms with van der Waals surface area (Å²) in [6.07, 6.45) is 4.28. The lowest BCUT2D eigenvalue weighted by Crippen LogP contribution is -2.31. The molecule has 0 bridgehead atoms. The summed E-state index contributed by atoms with van der Waals surface area (Å²) >= 11 is 0. The highest BCUT2D eigenvalue weighted by molar-refractivity contribution is 7.89. The van der Waals surface area contributed by atoms with E-state index in [0.717, 1.165) is 30.5 Å². The Morgan fingerprint density at radius 1 is 1.28 bits per heavy atom. The topological polar surface area (TPSA) is 94.2 Å². The molecule has 0 aliphatic heterocycles. The summed E-state index contributed by atoms with van der Waals surface area (Å²) in [6, 6.07) is 7.00. The van der Waals surface area contributed by atoms with Gasteiger partial charge in [-0.15, -0.1) is 0 Å². The molecule has 25 heavy (non-hydrogen) atoms. The second-order valence-electron chi connectivity index (χ2n) is 6.19. The van der Waals surface area contributed by atoms with E-state index in [1.165, 1.54) is 24.3 Å². The molecule has 8 heteroatoms. The van der Waals surface area contributed by atoms with Crippen LogP contribution >= 0.6 is 0 Å². The molecule has 0 amide bonds. The van der Waals surface area contributed by atoms with Crippen molar-refractivity contribution in [3.8, 4) is 0 Å². The highest BCUT2D eigenvalue weighted by atomic mass is 32.2. The standard InChI is InChI=1S/C17H17N3O4S/c1-20-15-4-2-3-14(13(15)10-18-20)19-25(22,23)12-6-7-16-11(9-12)5-8-17(21)24-16/h5-10,14,19H,2-4H2,1H3. The van der Waals surface area contributed by atoms with E-state index in [-0.39, 0.29) is 10.9 Å². The van der Waals surface area contributed by atoms with Gasteiger partial charge in [0.1, 0.15) is 5.58 Å². The molecule has 0 saturated heterocycles. The number of fused-ring (bicyclic) bond motifs is 2. The van der Waals surface area contributed by atoms with Crippen molar-refractivity contribution in [1.82, 2.24) is 14.5 Å². The fourth-order valence-corrected chi connectivity index (χ4v) is 4.59. The number of hydrogen-bond donors (Lipinski definition) is 1. The van der Waals surface area contributed by atoms with Crippen LogP contribution in [0.4, 0.5) is 0 Å². The summed E-state index contributed by atoms with van der Waals surface area (Å²) in [5, 5.41) is 4.80. The van der Waals surface area contributed by atoms with Gasteiger partial charge in [-0.25, -0.2) is 17.9 Å². The van der Waals surface area contributed by atoms with Gasteiger partial charge in [-0.3, -0.25) is 4.68 Å². The first-order valence-electron chi connectivity index (χ1n) is 8.01. The van der Waals surface area contributed by atoms with Crippen LogP contribution in [0.2, 0.25) is 0 Å². The second-order valence-corrected chi connectivity index (χ2v) is 7.90. The van der Waals surface area contributed by atoms with Gasteiger partial charge in [-0.2, -0.15) is 5.10 Å². The van der Waals surface area contributed by atoms with Crippen LogP contribution in [0.5, 0.6) is 0 Å². The zero-order valence-corrected chi connectivity index (χ0v) is 14.4. The summed E-state index contributed by atoms with van der Waals surface area (Å²) in [7, 11) is -1.83. The van der Waals surface area contributed by atoms with Crippen LogP contribution in [-0.2, 0) is 23.5 Å². The monoisotopic (exact) mass is 359 g/mol. The minimum absolute atomic E-state index is 0.143. The number of hydrogen-bond acceptors (Lipinski definition) is 5. The van der Waals surface area contributed by atoms with Gasteiger partial charge < -0.3 is 4.42 Å². The molecule has 1 aromatic carbocycles. The van der Waals surface area contributed by atoms with Crippen molar-refractivity contribution >= 4 is 21.0 Å². The fourth-order valence-electron chi connectivity index (χ4n) is 3.30. The van der Waals surface area contributed by atoms with Crippen molar-refractivity contribution in [3.05, 3.63) is 58.2 Å². The van der Waals surface area contributed by atoms with E-state index in [2.05, 4.69) is 9.82 Å². The molecule has 2 aromatic heterocycles. The van der Waals surface area contributed by atoms with Gasteiger partial charge in [0.25, 0.3) is 0 Å². The first kappa shape index (κ1) is 16.0. The Hall–Kier alpha value is -2.45. The summed E-state index contributed by atoms with van der Waals surface area (Å²) < 4.78 is 35.2. The molecule has 2 heterocycles. The molecule has 1 atom stereocenters. The molecule has 1 N–H and O–H groups in total. The lowest BCUT2D eigenvalue weighted by atomic mass is 9.94. The average Bonchev–Trinajstić information content (AvgIpc) is 2.96. The molecule has 0 radical (unpaired) electrons. The minimum Gasteiger partial charge on any atom is -0.423 e. The van der Waals surface area contributed by atoms with E-state index in [1.807, 2.05) is 7.05 Å². The third-order valence-corrected chi connectivity index (χ3v) is 6.04. The normalized spacial score (nSPS) is 17.6. The molecule has 3 aromatic rings. The van der Waals surface area contributed by atoms with Crippen molar-refractivity contribution in [2.45, 2.75) is 30.2 Å². The van der Waals surface area contributed by atoms with E-state index < -0.39 is 15.6 Å². The van der Waals surface area contributed by atoms with Crippen LogP contribution in [-0.4, -0.2) is 18.2 Å². The molecule has 4 rings (SSSR count). The Morgan fingerprint density at radius 2 is 2.12 bits per heavy atom. The summed E-state index contributed by atoms with van der Waals surface area (Å²) in [6.45, 7) is 0. The van der Waals surface area contributed by atoms with Crippen LogP contribution in [0.15, 0.2) is 50.6 Å². The molecule has 0 spiro atoms. The smallest absolute Gasteiger partial charge is 0.336 e. The van der Waals surface area contributed by atoms with Crippen molar-refractivity contribution in [3.63, 3.8) is 0 Å². The highest BCUT2D eigenvalue weighted by Crippen LogP contribution is 2.30. The molecule has 1 aliphatic carbocycles. The van der Waals surface area contributed by atoms with Gasteiger partial charge in [-0.05, 0) is 43.5 Å². The van der Waals surface area contributed by atoms with Gasteiger partial charge >= 0.3 is 5.63 Å². The lowest BCUT2D eigenvalue weighted by molar-refractivity contribution is 0.498. The maximum absolute atomic E-state index is 12.8. The van der Waals surface area contributed by atoms with E-state index in [0.29, 0.717) is 11.0 Å². The molecule has 130 valence electrons. The van der Waals surface area contributed by atoms with E-state index in [4.69, 9.17) is 4.42 Å². The zero-order chi connectivity index (χ0) is 17.6. The van der Waals surface area contributed by atoms with Gasteiger partial charge in [0.05, 0.1) is 17.1 Å². The second kappa shape index (κ2) is 5.82. The first-order chi connectivity index (χ1) is 11.9. The van der Waals surface area contributed by atoms with Crippen LogP contribution < -0.4 is 10.3 Å². The van der Waals surface area contributed by atoms with Crippen LogP contribution in [0.1, 0.15) is 30.1 Å². The van der Waals surface area contributed by atoms with Crippen LogP contribution in [0.3, 0.4) is 0 Å². The average molecular weight is 359 g/mol. The van der Waals surface area contributed by atoms with Crippen molar-refractivity contribution in [1.29, 1.82) is 0 Å². The van der Waals surface area contributed by atoms with Gasteiger partial charge in [0, 0.05) is 29.8 Å². The Morgan fingerprint density at radius 3 is 2.96 bits per heavy atom. The molecule has 0 fully saturated rings. The molecular weight excluding hydrogens is 342 g/mol. The number of nitrogens with one attached hydrogen (secondary N) is 1. The Kier molecular flexibility index (Phi) is 3.73. The van der Waals surface area contributed by atoms with Gasteiger partial charge in [0.15, 0.2) is 0 Å². The van der Waals surface area contributed by atoms with Crippen molar-refractivity contribution < 1.29 is 12.8 Å². The van der Waals surface area contributed by atoms with Crippen molar-refractivity contribution in [2.24, 2.45) is 7.05 Å². The van der Waals surface area contributed by atoms with E-state index >= 15 is 0 Å². The number of benzene rings is 1. The highest BCUT2D eigenvalue weighted by Gasteiger charge is 2.28. The third-order valence-electron chi connectivity index (χ3n) is 4.57. The minimum atomic E-state index is -3.70. The van der Waals surface area contributed by atoms with E-state index in [9.17, 15) is 13.2 Å².